The van der Waals surface area contributed by atoms with E-state index in [0.29, 0.717) is 41.2 Å². The number of fused-ring (bicyclic) bond motifs is 2. The van der Waals surface area contributed by atoms with Crippen molar-refractivity contribution in [3.63, 3.8) is 0 Å². The number of aromatic nitrogens is 1. The Balaban J connectivity index is 1.25. The summed E-state index contributed by atoms with van der Waals surface area (Å²) in [5.41, 5.74) is 6.48. The van der Waals surface area contributed by atoms with E-state index in [-0.39, 0.29) is 11.7 Å². The highest BCUT2D eigenvalue weighted by molar-refractivity contribution is 7.89. The Morgan fingerprint density at radius 3 is 2.69 bits per heavy atom. The molecule has 0 unspecified atom stereocenters. The van der Waals surface area contributed by atoms with Crippen molar-refractivity contribution in [2.75, 3.05) is 25.3 Å². The minimum Gasteiger partial charge on any atom is -0.454 e. The molecule has 1 amide bonds. The summed E-state index contributed by atoms with van der Waals surface area (Å²) in [6.07, 6.45) is 1.90. The van der Waals surface area contributed by atoms with Crippen LogP contribution < -0.4 is 20.3 Å². The van der Waals surface area contributed by atoms with Crippen LogP contribution >= 0.6 is 11.3 Å². The summed E-state index contributed by atoms with van der Waals surface area (Å²) < 4.78 is 38.9. The van der Waals surface area contributed by atoms with Crippen LogP contribution in [0.3, 0.4) is 0 Å². The van der Waals surface area contributed by atoms with E-state index >= 15 is 0 Å². The Bertz CT molecular complexity index is 1230. The molecule has 3 heterocycles. The first-order chi connectivity index (χ1) is 15.4. The second-order valence-corrected chi connectivity index (χ2v) is 10.9. The van der Waals surface area contributed by atoms with Crippen LogP contribution in [0.1, 0.15) is 30.1 Å². The average molecular weight is 475 g/mol. The molecule has 2 aromatic carbocycles. The van der Waals surface area contributed by atoms with Gasteiger partial charge in [-0.15, -0.1) is 0 Å². The zero-order chi connectivity index (χ0) is 22.3. The van der Waals surface area contributed by atoms with Crippen LogP contribution in [-0.4, -0.2) is 43.5 Å². The third kappa shape index (κ3) is 3.98. The van der Waals surface area contributed by atoms with Crippen molar-refractivity contribution in [1.82, 2.24) is 14.7 Å². The quantitative estimate of drug-likeness (QED) is 0.547. The normalized spacial score (nSPS) is 18.6. The maximum absolute atomic E-state index is 12.9. The van der Waals surface area contributed by atoms with E-state index in [9.17, 15) is 13.2 Å². The van der Waals surface area contributed by atoms with E-state index in [0.717, 1.165) is 23.1 Å². The summed E-state index contributed by atoms with van der Waals surface area (Å²) in [5, 5.41) is 0.510. The number of benzene rings is 2. The van der Waals surface area contributed by atoms with Gasteiger partial charge in [-0.1, -0.05) is 18.3 Å². The van der Waals surface area contributed by atoms with Gasteiger partial charge in [0.25, 0.3) is 5.91 Å². The van der Waals surface area contributed by atoms with Crippen molar-refractivity contribution in [2.24, 2.45) is 5.92 Å². The molecule has 0 aliphatic carbocycles. The predicted octanol–water partition coefficient (Wildman–Crippen LogP) is 3.20. The standard InChI is InChI=1S/C21H22N4O5S2/c1-13-3-2-8-25(11-13)32(27,28)15-6-4-14(5-7-15)20(26)23-24-21-22-16-9-17-18(30-12-29-17)10-19(16)31-21/h4-7,9-10,13H,2-3,8,11-12H2,1H3,(H,22,24)(H,23,26)/t13-/m0/s1. The van der Waals surface area contributed by atoms with Gasteiger partial charge in [-0.25, -0.2) is 13.4 Å². The van der Waals surface area contributed by atoms with E-state index in [1.807, 2.05) is 6.07 Å². The van der Waals surface area contributed by atoms with Gasteiger partial charge in [0.05, 0.1) is 15.1 Å². The first kappa shape index (κ1) is 21.0. The predicted molar refractivity (Wildman–Crippen MR) is 120 cm³/mol. The molecule has 11 heteroatoms. The van der Waals surface area contributed by atoms with Crippen molar-refractivity contribution in [3.8, 4) is 11.5 Å². The molecule has 0 saturated carbocycles. The number of amides is 1. The van der Waals surface area contributed by atoms with E-state index in [2.05, 4.69) is 22.8 Å². The summed E-state index contributed by atoms with van der Waals surface area (Å²) in [7, 11) is -3.55. The number of rotatable bonds is 5. The minimum atomic E-state index is -3.55. The third-order valence-corrected chi connectivity index (χ3v) is 8.35. The monoisotopic (exact) mass is 474 g/mol. The topological polar surface area (TPSA) is 110 Å². The van der Waals surface area contributed by atoms with E-state index in [1.54, 1.807) is 6.07 Å². The van der Waals surface area contributed by atoms with Crippen molar-refractivity contribution in [1.29, 1.82) is 0 Å². The Morgan fingerprint density at radius 2 is 1.94 bits per heavy atom. The number of ether oxygens (including phenoxy) is 2. The number of hydrogen-bond acceptors (Lipinski definition) is 8. The van der Waals surface area contributed by atoms with Crippen LogP contribution in [0, 0.1) is 5.92 Å². The smallest absolute Gasteiger partial charge is 0.269 e. The highest BCUT2D eigenvalue weighted by atomic mass is 32.2. The first-order valence-electron chi connectivity index (χ1n) is 10.3. The molecule has 0 radical (unpaired) electrons. The van der Waals surface area contributed by atoms with Gasteiger partial charge in [-0.05, 0) is 43.0 Å². The molecule has 2 aliphatic rings. The number of anilines is 1. The molecule has 3 aromatic rings. The molecule has 0 bridgehead atoms. The summed E-state index contributed by atoms with van der Waals surface area (Å²) in [5.74, 6) is 1.27. The maximum atomic E-state index is 12.9. The summed E-state index contributed by atoms with van der Waals surface area (Å²) in [6.45, 7) is 3.31. The van der Waals surface area contributed by atoms with Crippen molar-refractivity contribution >= 4 is 42.6 Å². The number of piperidine rings is 1. The van der Waals surface area contributed by atoms with Crippen LogP contribution in [0.4, 0.5) is 5.13 Å². The molecule has 1 fully saturated rings. The maximum Gasteiger partial charge on any atom is 0.269 e. The fourth-order valence-corrected chi connectivity index (χ4v) is 6.27. The molecular weight excluding hydrogens is 452 g/mol. The van der Waals surface area contributed by atoms with Crippen LogP contribution in [0.5, 0.6) is 11.5 Å². The highest BCUT2D eigenvalue weighted by Gasteiger charge is 2.28. The molecular formula is C21H22N4O5S2. The molecule has 1 atom stereocenters. The first-order valence-corrected chi connectivity index (χ1v) is 12.5. The lowest BCUT2D eigenvalue weighted by atomic mass is 10.0. The Labute approximate surface area is 189 Å². The summed E-state index contributed by atoms with van der Waals surface area (Å²) in [6, 6.07) is 9.61. The van der Waals surface area contributed by atoms with Gasteiger partial charge in [-0.2, -0.15) is 4.31 Å². The lowest BCUT2D eigenvalue weighted by Crippen LogP contribution is -2.39. The largest absolute Gasteiger partial charge is 0.454 e. The lowest BCUT2D eigenvalue weighted by Gasteiger charge is -2.30. The Hall–Kier alpha value is -2.89. The second-order valence-electron chi connectivity index (χ2n) is 7.91. The van der Waals surface area contributed by atoms with Gasteiger partial charge in [0.15, 0.2) is 11.5 Å². The molecule has 5 rings (SSSR count). The van der Waals surface area contributed by atoms with Gasteiger partial charge in [-0.3, -0.25) is 15.6 Å². The van der Waals surface area contributed by atoms with Gasteiger partial charge >= 0.3 is 0 Å². The van der Waals surface area contributed by atoms with Gasteiger partial charge in [0.2, 0.25) is 21.9 Å². The van der Waals surface area contributed by atoms with Crippen molar-refractivity contribution < 1.29 is 22.7 Å². The van der Waals surface area contributed by atoms with Crippen molar-refractivity contribution in [2.45, 2.75) is 24.7 Å². The van der Waals surface area contributed by atoms with Gasteiger partial charge in [0.1, 0.15) is 0 Å². The molecule has 9 nitrogen and oxygen atoms in total. The minimum absolute atomic E-state index is 0.194. The summed E-state index contributed by atoms with van der Waals surface area (Å²) >= 11 is 1.36. The fraction of sp³-hybridized carbons (Fsp3) is 0.333. The van der Waals surface area contributed by atoms with Crippen LogP contribution in [0.25, 0.3) is 10.2 Å². The average Bonchev–Trinajstić information content (AvgIpc) is 3.41. The lowest BCUT2D eigenvalue weighted by molar-refractivity contribution is 0.0962. The zero-order valence-corrected chi connectivity index (χ0v) is 19.0. The van der Waals surface area contributed by atoms with Gasteiger partial charge < -0.3 is 9.47 Å². The number of carbonyl (C=O) groups excluding carboxylic acids is 1. The molecule has 1 aromatic heterocycles. The molecule has 32 heavy (non-hydrogen) atoms. The number of nitrogens with zero attached hydrogens (tertiary/aromatic N) is 2. The second kappa shape index (κ2) is 8.23. The van der Waals surface area contributed by atoms with Crippen LogP contribution in [0.2, 0.25) is 0 Å². The zero-order valence-electron chi connectivity index (χ0n) is 17.3. The number of carbonyl (C=O) groups is 1. The number of hydrogen-bond donors (Lipinski definition) is 2. The molecule has 2 N–H and O–H groups in total. The molecule has 0 spiro atoms. The highest BCUT2D eigenvalue weighted by Crippen LogP contribution is 2.38. The molecule has 1 saturated heterocycles. The van der Waals surface area contributed by atoms with Crippen LogP contribution in [0.15, 0.2) is 41.3 Å². The Morgan fingerprint density at radius 1 is 1.19 bits per heavy atom. The molecule has 2 aliphatic heterocycles. The van der Waals surface area contributed by atoms with E-state index in [1.165, 1.54) is 39.9 Å². The number of thiazole rings is 1. The van der Waals surface area contributed by atoms with E-state index < -0.39 is 15.9 Å². The van der Waals surface area contributed by atoms with Gasteiger partial charge in [0, 0.05) is 30.8 Å². The number of sulfonamides is 1. The Kier molecular flexibility index (Phi) is 5.39. The molecule has 168 valence electrons. The SMILES string of the molecule is C[C@H]1CCCN(S(=O)(=O)c2ccc(C(=O)NNc3nc4cc5c(cc4s3)OCO5)cc2)C1. The van der Waals surface area contributed by atoms with Crippen molar-refractivity contribution in [3.05, 3.63) is 42.0 Å². The van der Waals surface area contributed by atoms with E-state index in [4.69, 9.17) is 9.47 Å². The number of nitrogens with one attached hydrogen (secondary N) is 2. The fourth-order valence-electron chi connectivity index (χ4n) is 3.85. The number of hydrazine groups is 1. The van der Waals surface area contributed by atoms with Crippen LogP contribution in [-0.2, 0) is 10.0 Å². The third-order valence-electron chi connectivity index (χ3n) is 5.54. The summed E-state index contributed by atoms with van der Waals surface area (Å²) in [4.78, 5) is 17.1.